The Labute approximate surface area is 166 Å². The van der Waals surface area contributed by atoms with Gasteiger partial charge in [0.05, 0.1) is 11.5 Å². The number of nitrogens with zero attached hydrogens (tertiary/aromatic N) is 2. The summed E-state index contributed by atoms with van der Waals surface area (Å²) >= 11 is 0. The molecule has 0 spiro atoms. The normalized spacial score (nSPS) is 16.1. The van der Waals surface area contributed by atoms with Crippen molar-refractivity contribution in [2.45, 2.75) is 25.3 Å². The third-order valence-electron chi connectivity index (χ3n) is 4.87. The number of hydrogen-bond acceptors (Lipinski definition) is 5. The Morgan fingerprint density at radius 3 is 2.11 bits per heavy atom. The summed E-state index contributed by atoms with van der Waals surface area (Å²) in [5.41, 5.74) is 1.69. The molecule has 0 atom stereocenters. The predicted molar refractivity (Wildman–Crippen MR) is 108 cm³/mol. The summed E-state index contributed by atoms with van der Waals surface area (Å²) in [6, 6.07) is 14.2. The van der Waals surface area contributed by atoms with Gasteiger partial charge in [-0.15, -0.1) is 0 Å². The van der Waals surface area contributed by atoms with Crippen molar-refractivity contribution in [1.29, 1.82) is 0 Å². The predicted octanol–water partition coefficient (Wildman–Crippen LogP) is 2.79. The zero-order valence-electron chi connectivity index (χ0n) is 16.3. The molecule has 0 N–H and O–H groups in total. The summed E-state index contributed by atoms with van der Waals surface area (Å²) in [6.07, 6.45) is 0. The van der Waals surface area contributed by atoms with E-state index in [1.807, 2.05) is 31.2 Å². The van der Waals surface area contributed by atoms with Crippen LogP contribution in [-0.4, -0.2) is 56.2 Å². The van der Waals surface area contributed by atoms with Crippen molar-refractivity contribution in [2.24, 2.45) is 0 Å². The van der Waals surface area contributed by atoms with Gasteiger partial charge in [0.1, 0.15) is 5.75 Å². The molecule has 3 rings (SSSR count). The van der Waals surface area contributed by atoms with Crippen molar-refractivity contribution in [3.8, 4) is 5.75 Å². The van der Waals surface area contributed by atoms with Crippen molar-refractivity contribution in [3.63, 3.8) is 0 Å². The Morgan fingerprint density at radius 2 is 1.57 bits per heavy atom. The summed E-state index contributed by atoms with van der Waals surface area (Å²) < 4.78 is 32.7. The van der Waals surface area contributed by atoms with Crippen LogP contribution in [0.2, 0.25) is 0 Å². The molecule has 6 nitrogen and oxygen atoms in total. The average Bonchev–Trinajstić information content (AvgIpc) is 2.70. The molecular formula is C21H26N2O4S. The van der Waals surface area contributed by atoms with E-state index >= 15 is 0 Å². The second-order valence-electron chi connectivity index (χ2n) is 6.84. The number of rotatable bonds is 7. The minimum Gasteiger partial charge on any atom is -0.494 e. The van der Waals surface area contributed by atoms with Gasteiger partial charge >= 0.3 is 0 Å². The standard InChI is InChI=1S/C21H26N2O4S/c1-3-27-20-8-4-18(5-9-20)16-22-12-14-23(15-13-22)28(25,26)21-10-6-19(7-11-21)17(2)24/h4-11H,3,12-16H2,1-2H3. The number of piperazine rings is 1. The van der Waals surface area contributed by atoms with Gasteiger partial charge in [-0.3, -0.25) is 9.69 Å². The molecule has 0 bridgehead atoms. The Hall–Kier alpha value is -2.22. The Morgan fingerprint density at radius 1 is 0.964 bits per heavy atom. The molecule has 0 saturated carbocycles. The fourth-order valence-electron chi connectivity index (χ4n) is 3.25. The van der Waals surface area contributed by atoms with E-state index in [1.54, 1.807) is 12.1 Å². The lowest BCUT2D eigenvalue weighted by atomic mass is 10.2. The van der Waals surface area contributed by atoms with E-state index in [0.717, 1.165) is 12.3 Å². The maximum absolute atomic E-state index is 12.8. The lowest BCUT2D eigenvalue weighted by Crippen LogP contribution is -2.48. The van der Waals surface area contributed by atoms with Crippen molar-refractivity contribution < 1.29 is 17.9 Å². The molecule has 1 heterocycles. The van der Waals surface area contributed by atoms with E-state index in [4.69, 9.17) is 4.74 Å². The molecule has 1 aliphatic rings. The number of benzene rings is 2. The highest BCUT2D eigenvalue weighted by molar-refractivity contribution is 7.89. The molecule has 150 valence electrons. The summed E-state index contributed by atoms with van der Waals surface area (Å²) in [4.78, 5) is 13.9. The van der Waals surface area contributed by atoms with Crippen LogP contribution < -0.4 is 4.74 Å². The minimum atomic E-state index is -3.53. The van der Waals surface area contributed by atoms with Crippen LogP contribution >= 0.6 is 0 Å². The summed E-state index contributed by atoms with van der Waals surface area (Å²) in [6.45, 7) is 7.12. The second-order valence-corrected chi connectivity index (χ2v) is 8.78. The fourth-order valence-corrected chi connectivity index (χ4v) is 4.68. The van der Waals surface area contributed by atoms with Gasteiger partial charge in [0.15, 0.2) is 5.78 Å². The third-order valence-corrected chi connectivity index (χ3v) is 6.78. The van der Waals surface area contributed by atoms with E-state index in [1.165, 1.54) is 28.9 Å². The number of Topliss-reactive ketones (excluding diaryl/α,β-unsaturated/α-hetero) is 1. The topological polar surface area (TPSA) is 66.9 Å². The first-order valence-electron chi connectivity index (χ1n) is 9.45. The first-order chi connectivity index (χ1) is 13.4. The molecule has 0 aliphatic carbocycles. The van der Waals surface area contributed by atoms with Crippen LogP contribution in [-0.2, 0) is 16.6 Å². The summed E-state index contributed by atoms with van der Waals surface area (Å²) in [5, 5.41) is 0. The Bertz CT molecular complexity index is 900. The quantitative estimate of drug-likeness (QED) is 0.666. The van der Waals surface area contributed by atoms with E-state index in [0.29, 0.717) is 38.3 Å². The first-order valence-corrected chi connectivity index (χ1v) is 10.9. The van der Waals surface area contributed by atoms with Crippen molar-refractivity contribution >= 4 is 15.8 Å². The molecule has 28 heavy (non-hydrogen) atoms. The lowest BCUT2D eigenvalue weighted by Gasteiger charge is -2.34. The molecule has 2 aromatic carbocycles. The molecule has 1 saturated heterocycles. The molecule has 0 amide bonds. The van der Waals surface area contributed by atoms with Gasteiger partial charge in [0, 0.05) is 38.3 Å². The molecule has 7 heteroatoms. The molecule has 0 aromatic heterocycles. The largest absolute Gasteiger partial charge is 0.494 e. The third kappa shape index (κ3) is 4.79. The highest BCUT2D eigenvalue weighted by Gasteiger charge is 2.28. The van der Waals surface area contributed by atoms with Gasteiger partial charge in [0.2, 0.25) is 10.0 Å². The second kappa shape index (κ2) is 8.86. The minimum absolute atomic E-state index is 0.0770. The SMILES string of the molecule is CCOc1ccc(CN2CCN(S(=O)(=O)c3ccc(C(C)=O)cc3)CC2)cc1. The van der Waals surface area contributed by atoms with Gasteiger partial charge in [-0.25, -0.2) is 8.42 Å². The van der Waals surface area contributed by atoms with Crippen LogP contribution in [0.1, 0.15) is 29.8 Å². The molecule has 1 fully saturated rings. The van der Waals surface area contributed by atoms with Crippen molar-refractivity contribution in [2.75, 3.05) is 32.8 Å². The number of hydrogen-bond donors (Lipinski definition) is 0. The monoisotopic (exact) mass is 402 g/mol. The van der Waals surface area contributed by atoms with Crippen LogP contribution in [0.4, 0.5) is 0 Å². The smallest absolute Gasteiger partial charge is 0.243 e. The summed E-state index contributed by atoms with van der Waals surface area (Å²) in [7, 11) is -3.53. The van der Waals surface area contributed by atoms with E-state index < -0.39 is 10.0 Å². The number of ether oxygens (including phenoxy) is 1. The zero-order valence-corrected chi connectivity index (χ0v) is 17.1. The van der Waals surface area contributed by atoms with Gasteiger partial charge in [0.25, 0.3) is 0 Å². The number of sulfonamides is 1. The van der Waals surface area contributed by atoms with Gasteiger partial charge < -0.3 is 4.74 Å². The Kier molecular flexibility index (Phi) is 6.49. The van der Waals surface area contributed by atoms with Gasteiger partial charge in [-0.2, -0.15) is 4.31 Å². The van der Waals surface area contributed by atoms with Crippen LogP contribution in [0.5, 0.6) is 5.75 Å². The molecule has 2 aromatic rings. The highest BCUT2D eigenvalue weighted by Crippen LogP contribution is 2.20. The van der Waals surface area contributed by atoms with Gasteiger partial charge in [-0.1, -0.05) is 24.3 Å². The average molecular weight is 403 g/mol. The fraction of sp³-hybridized carbons (Fsp3) is 0.381. The molecular weight excluding hydrogens is 376 g/mol. The Balaban J connectivity index is 1.58. The molecule has 1 aliphatic heterocycles. The summed E-state index contributed by atoms with van der Waals surface area (Å²) in [5.74, 6) is 0.782. The first kappa shape index (κ1) is 20.5. The van der Waals surface area contributed by atoms with E-state index in [9.17, 15) is 13.2 Å². The van der Waals surface area contributed by atoms with E-state index in [-0.39, 0.29) is 10.7 Å². The van der Waals surface area contributed by atoms with Crippen LogP contribution in [0.15, 0.2) is 53.4 Å². The van der Waals surface area contributed by atoms with E-state index in [2.05, 4.69) is 4.90 Å². The lowest BCUT2D eigenvalue weighted by molar-refractivity contribution is 0.101. The molecule has 0 unspecified atom stereocenters. The van der Waals surface area contributed by atoms with Crippen LogP contribution in [0.25, 0.3) is 0 Å². The number of ketones is 1. The van der Waals surface area contributed by atoms with Crippen molar-refractivity contribution in [3.05, 3.63) is 59.7 Å². The maximum atomic E-state index is 12.8. The molecule has 0 radical (unpaired) electrons. The maximum Gasteiger partial charge on any atom is 0.243 e. The van der Waals surface area contributed by atoms with Crippen LogP contribution in [0.3, 0.4) is 0 Å². The van der Waals surface area contributed by atoms with Crippen LogP contribution in [0, 0.1) is 0 Å². The van der Waals surface area contributed by atoms with Gasteiger partial charge in [-0.05, 0) is 43.7 Å². The highest BCUT2D eigenvalue weighted by atomic mass is 32.2. The zero-order chi connectivity index (χ0) is 20.1. The van der Waals surface area contributed by atoms with Crippen molar-refractivity contribution in [1.82, 2.24) is 9.21 Å². The number of carbonyl (C=O) groups excluding carboxylic acids is 1. The number of carbonyl (C=O) groups is 1.